The SMILES string of the molecule is CCCCC(C)NCC(C)(C)C(O)C(C)C. The fraction of sp³-hybridized carbons (Fsp3) is 1.00. The summed E-state index contributed by atoms with van der Waals surface area (Å²) in [6.07, 6.45) is 3.52. The van der Waals surface area contributed by atoms with E-state index in [-0.39, 0.29) is 11.5 Å². The molecule has 0 aromatic carbocycles. The summed E-state index contributed by atoms with van der Waals surface area (Å²) in [5.41, 5.74) is -0.0470. The first-order chi connectivity index (χ1) is 7.31. The van der Waals surface area contributed by atoms with Gasteiger partial charge in [0.1, 0.15) is 0 Å². The van der Waals surface area contributed by atoms with Gasteiger partial charge in [0.2, 0.25) is 0 Å². The topological polar surface area (TPSA) is 32.3 Å². The van der Waals surface area contributed by atoms with E-state index in [4.69, 9.17) is 0 Å². The van der Waals surface area contributed by atoms with Gasteiger partial charge in [-0.25, -0.2) is 0 Å². The lowest BCUT2D eigenvalue weighted by atomic mass is 9.80. The maximum absolute atomic E-state index is 10.1. The third-order valence-corrected chi connectivity index (χ3v) is 3.33. The molecular weight excluding hydrogens is 198 g/mol. The van der Waals surface area contributed by atoms with Gasteiger partial charge >= 0.3 is 0 Å². The molecule has 0 fully saturated rings. The van der Waals surface area contributed by atoms with Gasteiger partial charge in [0.15, 0.2) is 0 Å². The summed E-state index contributed by atoms with van der Waals surface area (Å²) in [6, 6.07) is 0.554. The average molecular weight is 229 g/mol. The molecule has 0 aliphatic rings. The Hall–Kier alpha value is -0.0800. The van der Waals surface area contributed by atoms with Crippen molar-refractivity contribution in [1.29, 1.82) is 0 Å². The highest BCUT2D eigenvalue weighted by atomic mass is 16.3. The van der Waals surface area contributed by atoms with E-state index in [0.29, 0.717) is 12.0 Å². The van der Waals surface area contributed by atoms with Crippen LogP contribution in [0.3, 0.4) is 0 Å². The van der Waals surface area contributed by atoms with Crippen molar-refractivity contribution in [2.45, 2.75) is 73.0 Å². The summed E-state index contributed by atoms with van der Waals surface area (Å²) in [6.45, 7) is 13.8. The molecule has 0 bridgehead atoms. The predicted octanol–water partition coefficient (Wildman–Crippen LogP) is 3.20. The Kier molecular flexibility index (Phi) is 7.25. The lowest BCUT2D eigenvalue weighted by Gasteiger charge is -2.34. The van der Waals surface area contributed by atoms with E-state index in [9.17, 15) is 5.11 Å². The monoisotopic (exact) mass is 229 g/mol. The Morgan fingerprint density at radius 1 is 1.19 bits per heavy atom. The van der Waals surface area contributed by atoms with Gasteiger partial charge < -0.3 is 10.4 Å². The summed E-state index contributed by atoms with van der Waals surface area (Å²) < 4.78 is 0. The van der Waals surface area contributed by atoms with E-state index in [1.165, 1.54) is 19.3 Å². The highest BCUT2D eigenvalue weighted by molar-refractivity contribution is 4.83. The van der Waals surface area contributed by atoms with Crippen molar-refractivity contribution in [3.8, 4) is 0 Å². The van der Waals surface area contributed by atoms with Gasteiger partial charge in [-0.05, 0) is 19.3 Å². The van der Waals surface area contributed by atoms with Gasteiger partial charge in [0.05, 0.1) is 6.10 Å². The number of unbranched alkanes of at least 4 members (excludes halogenated alkanes) is 1. The Morgan fingerprint density at radius 3 is 2.19 bits per heavy atom. The predicted molar refractivity (Wildman–Crippen MR) is 71.6 cm³/mol. The van der Waals surface area contributed by atoms with Crippen LogP contribution in [0, 0.1) is 11.3 Å². The largest absolute Gasteiger partial charge is 0.392 e. The van der Waals surface area contributed by atoms with E-state index < -0.39 is 0 Å². The van der Waals surface area contributed by atoms with Crippen LogP contribution in [0.25, 0.3) is 0 Å². The van der Waals surface area contributed by atoms with Gasteiger partial charge in [-0.3, -0.25) is 0 Å². The van der Waals surface area contributed by atoms with E-state index in [0.717, 1.165) is 6.54 Å². The van der Waals surface area contributed by atoms with Crippen molar-refractivity contribution in [3.05, 3.63) is 0 Å². The van der Waals surface area contributed by atoms with Crippen LogP contribution in [-0.4, -0.2) is 23.8 Å². The fourth-order valence-corrected chi connectivity index (χ4v) is 2.06. The van der Waals surface area contributed by atoms with Crippen LogP contribution in [0.4, 0.5) is 0 Å². The van der Waals surface area contributed by atoms with Crippen molar-refractivity contribution in [3.63, 3.8) is 0 Å². The van der Waals surface area contributed by atoms with Gasteiger partial charge in [-0.1, -0.05) is 47.5 Å². The third kappa shape index (κ3) is 5.86. The Labute approximate surface area is 102 Å². The number of hydrogen-bond acceptors (Lipinski definition) is 2. The molecule has 0 aromatic rings. The molecule has 98 valence electrons. The molecule has 0 aromatic heterocycles. The zero-order valence-corrected chi connectivity index (χ0v) is 12.0. The van der Waals surface area contributed by atoms with Crippen LogP contribution in [0.15, 0.2) is 0 Å². The van der Waals surface area contributed by atoms with E-state index >= 15 is 0 Å². The first-order valence-corrected chi connectivity index (χ1v) is 6.72. The normalized spacial score (nSPS) is 16.5. The number of aliphatic hydroxyl groups excluding tert-OH is 1. The highest BCUT2D eigenvalue weighted by Crippen LogP contribution is 2.25. The highest BCUT2D eigenvalue weighted by Gasteiger charge is 2.30. The standard InChI is InChI=1S/C14H31NO/c1-7-8-9-12(4)15-10-14(5,6)13(16)11(2)3/h11-13,15-16H,7-10H2,1-6H3. The second kappa shape index (κ2) is 7.29. The van der Waals surface area contributed by atoms with E-state index in [2.05, 4.69) is 46.9 Å². The van der Waals surface area contributed by atoms with Crippen LogP contribution in [0.1, 0.15) is 60.8 Å². The molecule has 0 rings (SSSR count). The van der Waals surface area contributed by atoms with Gasteiger partial charge in [-0.2, -0.15) is 0 Å². The van der Waals surface area contributed by atoms with Gasteiger partial charge in [-0.15, -0.1) is 0 Å². The molecule has 2 atom stereocenters. The maximum Gasteiger partial charge on any atom is 0.0626 e. The fourth-order valence-electron chi connectivity index (χ4n) is 2.06. The Morgan fingerprint density at radius 2 is 1.75 bits per heavy atom. The lowest BCUT2D eigenvalue weighted by molar-refractivity contribution is 0.0122. The summed E-state index contributed by atoms with van der Waals surface area (Å²) in [4.78, 5) is 0. The van der Waals surface area contributed by atoms with Gasteiger partial charge in [0, 0.05) is 18.0 Å². The minimum absolute atomic E-state index is 0.0470. The first kappa shape index (κ1) is 15.9. The molecule has 0 heterocycles. The van der Waals surface area contributed by atoms with Crippen LogP contribution in [0.2, 0.25) is 0 Å². The second-order valence-electron chi connectivity index (χ2n) is 6.10. The summed E-state index contributed by atoms with van der Waals surface area (Å²) in [5.74, 6) is 0.322. The quantitative estimate of drug-likeness (QED) is 0.670. The lowest BCUT2D eigenvalue weighted by Crippen LogP contribution is -2.44. The van der Waals surface area contributed by atoms with Crippen LogP contribution >= 0.6 is 0 Å². The molecule has 0 amide bonds. The van der Waals surface area contributed by atoms with Crippen LogP contribution in [0.5, 0.6) is 0 Å². The molecule has 2 unspecified atom stereocenters. The molecule has 0 spiro atoms. The zero-order valence-electron chi connectivity index (χ0n) is 12.0. The maximum atomic E-state index is 10.1. The number of hydrogen-bond donors (Lipinski definition) is 2. The molecule has 2 N–H and O–H groups in total. The van der Waals surface area contributed by atoms with Crippen LogP contribution in [-0.2, 0) is 0 Å². The van der Waals surface area contributed by atoms with Crippen LogP contribution < -0.4 is 5.32 Å². The molecule has 0 aliphatic carbocycles. The summed E-state index contributed by atoms with van der Waals surface area (Å²) in [5, 5.41) is 13.6. The number of rotatable bonds is 8. The second-order valence-corrected chi connectivity index (χ2v) is 6.10. The zero-order chi connectivity index (χ0) is 12.8. The first-order valence-electron chi connectivity index (χ1n) is 6.72. The molecule has 2 nitrogen and oxygen atoms in total. The van der Waals surface area contributed by atoms with Gasteiger partial charge in [0.25, 0.3) is 0 Å². The van der Waals surface area contributed by atoms with Crippen molar-refractivity contribution < 1.29 is 5.11 Å². The summed E-state index contributed by atoms with van der Waals surface area (Å²) in [7, 11) is 0. The molecule has 0 radical (unpaired) electrons. The van der Waals surface area contributed by atoms with Crippen molar-refractivity contribution in [2.24, 2.45) is 11.3 Å². The molecule has 0 aliphatic heterocycles. The molecule has 16 heavy (non-hydrogen) atoms. The minimum Gasteiger partial charge on any atom is -0.392 e. The van der Waals surface area contributed by atoms with Crippen molar-refractivity contribution >= 4 is 0 Å². The molecule has 0 saturated carbocycles. The Bertz CT molecular complexity index is 178. The molecular formula is C14H31NO. The minimum atomic E-state index is -0.238. The van der Waals surface area contributed by atoms with E-state index in [1.807, 2.05) is 0 Å². The van der Waals surface area contributed by atoms with Crippen molar-refractivity contribution in [1.82, 2.24) is 5.32 Å². The van der Waals surface area contributed by atoms with Crippen molar-refractivity contribution in [2.75, 3.05) is 6.54 Å². The molecule has 2 heteroatoms. The third-order valence-electron chi connectivity index (χ3n) is 3.33. The van der Waals surface area contributed by atoms with E-state index in [1.54, 1.807) is 0 Å². The average Bonchev–Trinajstić information content (AvgIpc) is 2.22. The smallest absolute Gasteiger partial charge is 0.0626 e. The Balaban J connectivity index is 3.97. The molecule has 0 saturated heterocycles. The summed E-state index contributed by atoms with van der Waals surface area (Å²) >= 11 is 0. The number of nitrogens with one attached hydrogen (secondary N) is 1. The number of aliphatic hydroxyl groups is 1.